The van der Waals surface area contributed by atoms with Crippen molar-refractivity contribution >= 4 is 11.7 Å². The molecule has 1 unspecified atom stereocenters. The van der Waals surface area contributed by atoms with Crippen LogP contribution in [-0.2, 0) is 4.74 Å². The fourth-order valence-electron chi connectivity index (χ4n) is 1.57. The summed E-state index contributed by atoms with van der Waals surface area (Å²) in [5.41, 5.74) is 0.441. The van der Waals surface area contributed by atoms with E-state index in [1.165, 1.54) is 12.1 Å². The van der Waals surface area contributed by atoms with E-state index in [4.69, 9.17) is 4.74 Å². The molecule has 2 amide bonds. The molecule has 1 aliphatic rings. The fraction of sp³-hybridized carbons (Fsp3) is 0.364. The number of anilines is 1. The third-order valence-electron chi connectivity index (χ3n) is 2.35. The van der Waals surface area contributed by atoms with Gasteiger partial charge in [0, 0.05) is 12.3 Å². The monoisotopic (exact) mass is 224 g/mol. The highest BCUT2D eigenvalue weighted by Crippen LogP contribution is 2.09. The lowest BCUT2D eigenvalue weighted by atomic mass is 10.3. The van der Waals surface area contributed by atoms with E-state index in [2.05, 4.69) is 10.6 Å². The molecule has 1 saturated heterocycles. The van der Waals surface area contributed by atoms with Crippen LogP contribution in [0.1, 0.15) is 6.42 Å². The molecule has 0 bridgehead atoms. The van der Waals surface area contributed by atoms with Gasteiger partial charge in [0.05, 0.1) is 12.6 Å². The lowest BCUT2D eigenvalue weighted by Crippen LogP contribution is -2.38. The molecule has 86 valence electrons. The van der Waals surface area contributed by atoms with Crippen molar-refractivity contribution < 1.29 is 13.9 Å². The fourth-order valence-corrected chi connectivity index (χ4v) is 1.57. The molecule has 2 rings (SSSR count). The molecule has 0 radical (unpaired) electrons. The average molecular weight is 224 g/mol. The molecular formula is C11H13FN2O2. The maximum absolute atomic E-state index is 12.8. The number of carbonyl (C=O) groups excluding carboxylic acids is 1. The maximum atomic E-state index is 12.8. The van der Waals surface area contributed by atoms with Gasteiger partial charge in [-0.3, -0.25) is 0 Å². The summed E-state index contributed by atoms with van der Waals surface area (Å²) in [5, 5.41) is 5.31. The Hall–Kier alpha value is -1.62. The van der Waals surface area contributed by atoms with Crippen molar-refractivity contribution in [1.29, 1.82) is 0 Å². The van der Waals surface area contributed by atoms with Gasteiger partial charge in [0.2, 0.25) is 0 Å². The maximum Gasteiger partial charge on any atom is 0.319 e. The first-order valence-corrected chi connectivity index (χ1v) is 5.15. The zero-order valence-electron chi connectivity index (χ0n) is 8.70. The molecule has 1 aromatic rings. The molecule has 1 aromatic carbocycles. The largest absolute Gasteiger partial charge is 0.379 e. The van der Waals surface area contributed by atoms with Crippen LogP contribution in [0.3, 0.4) is 0 Å². The van der Waals surface area contributed by atoms with Crippen molar-refractivity contribution in [1.82, 2.24) is 5.32 Å². The van der Waals surface area contributed by atoms with Gasteiger partial charge in [0.1, 0.15) is 5.82 Å². The van der Waals surface area contributed by atoms with Crippen LogP contribution in [0.25, 0.3) is 0 Å². The van der Waals surface area contributed by atoms with Crippen LogP contribution in [0.2, 0.25) is 0 Å². The molecule has 1 atom stereocenters. The van der Waals surface area contributed by atoms with Crippen LogP contribution in [0, 0.1) is 5.82 Å². The number of urea groups is 1. The van der Waals surface area contributed by atoms with Crippen molar-refractivity contribution in [3.63, 3.8) is 0 Å². The van der Waals surface area contributed by atoms with Crippen molar-refractivity contribution in [3.8, 4) is 0 Å². The van der Waals surface area contributed by atoms with Gasteiger partial charge < -0.3 is 15.4 Å². The molecule has 1 heterocycles. The number of hydrogen-bond acceptors (Lipinski definition) is 2. The molecule has 16 heavy (non-hydrogen) atoms. The van der Waals surface area contributed by atoms with Crippen molar-refractivity contribution in [2.75, 3.05) is 18.5 Å². The zero-order chi connectivity index (χ0) is 11.4. The first kappa shape index (κ1) is 10.9. The molecule has 1 fully saturated rings. The van der Waals surface area contributed by atoms with Crippen LogP contribution in [0.5, 0.6) is 0 Å². The zero-order valence-corrected chi connectivity index (χ0v) is 8.70. The normalized spacial score (nSPS) is 19.4. The Morgan fingerprint density at radius 1 is 1.50 bits per heavy atom. The Labute approximate surface area is 92.8 Å². The Morgan fingerprint density at radius 2 is 2.38 bits per heavy atom. The number of rotatable bonds is 2. The van der Waals surface area contributed by atoms with E-state index in [0.29, 0.717) is 18.9 Å². The van der Waals surface area contributed by atoms with Crippen molar-refractivity contribution in [3.05, 3.63) is 30.1 Å². The third-order valence-corrected chi connectivity index (χ3v) is 2.35. The van der Waals surface area contributed by atoms with Gasteiger partial charge in [0.25, 0.3) is 0 Å². The lowest BCUT2D eigenvalue weighted by Gasteiger charge is -2.11. The number of ether oxygens (including phenoxy) is 1. The summed E-state index contributed by atoms with van der Waals surface area (Å²) in [6.45, 7) is 1.21. The number of halogens is 1. The van der Waals surface area contributed by atoms with Gasteiger partial charge in [-0.15, -0.1) is 0 Å². The molecule has 2 N–H and O–H groups in total. The van der Waals surface area contributed by atoms with Gasteiger partial charge in [-0.2, -0.15) is 0 Å². The Bertz CT molecular complexity index is 378. The topological polar surface area (TPSA) is 50.4 Å². The minimum atomic E-state index is -0.373. The number of carbonyl (C=O) groups is 1. The molecule has 1 aliphatic heterocycles. The summed E-state index contributed by atoms with van der Waals surface area (Å²) >= 11 is 0. The van der Waals surface area contributed by atoms with E-state index in [1.54, 1.807) is 12.1 Å². The van der Waals surface area contributed by atoms with Gasteiger partial charge in [-0.25, -0.2) is 9.18 Å². The molecule has 0 saturated carbocycles. The quantitative estimate of drug-likeness (QED) is 0.803. The average Bonchev–Trinajstić information content (AvgIpc) is 2.70. The first-order valence-electron chi connectivity index (χ1n) is 5.15. The summed E-state index contributed by atoms with van der Waals surface area (Å²) < 4.78 is 18.0. The Balaban J connectivity index is 1.86. The van der Waals surface area contributed by atoms with Gasteiger partial charge >= 0.3 is 6.03 Å². The van der Waals surface area contributed by atoms with Gasteiger partial charge in [-0.1, -0.05) is 6.07 Å². The second kappa shape index (κ2) is 4.94. The highest BCUT2D eigenvalue weighted by Gasteiger charge is 2.17. The summed E-state index contributed by atoms with van der Waals surface area (Å²) in [5.74, 6) is -0.373. The smallest absolute Gasteiger partial charge is 0.319 e. The van der Waals surface area contributed by atoms with E-state index < -0.39 is 0 Å². The van der Waals surface area contributed by atoms with E-state index in [-0.39, 0.29) is 17.9 Å². The van der Waals surface area contributed by atoms with E-state index in [9.17, 15) is 9.18 Å². The standard InChI is InChI=1S/C11H13FN2O2/c12-8-2-1-3-9(6-8)13-11(15)14-10-4-5-16-7-10/h1-3,6,10H,4-5,7H2,(H2,13,14,15). The summed E-state index contributed by atoms with van der Waals surface area (Å²) in [7, 11) is 0. The van der Waals surface area contributed by atoms with E-state index >= 15 is 0 Å². The van der Waals surface area contributed by atoms with Crippen molar-refractivity contribution in [2.24, 2.45) is 0 Å². The van der Waals surface area contributed by atoms with Crippen LogP contribution in [0.4, 0.5) is 14.9 Å². The highest BCUT2D eigenvalue weighted by molar-refractivity contribution is 5.89. The predicted octanol–water partition coefficient (Wildman–Crippen LogP) is 1.74. The van der Waals surface area contributed by atoms with Gasteiger partial charge in [0.15, 0.2) is 0 Å². The minimum Gasteiger partial charge on any atom is -0.379 e. The Kier molecular flexibility index (Phi) is 3.36. The van der Waals surface area contributed by atoms with Crippen molar-refractivity contribution in [2.45, 2.75) is 12.5 Å². The van der Waals surface area contributed by atoms with Crippen LogP contribution in [-0.4, -0.2) is 25.3 Å². The molecular weight excluding hydrogens is 211 g/mol. The molecule has 0 aromatic heterocycles. The number of hydrogen-bond donors (Lipinski definition) is 2. The molecule has 0 aliphatic carbocycles. The summed E-state index contributed by atoms with van der Waals surface area (Å²) in [6.07, 6.45) is 0.816. The molecule has 4 nitrogen and oxygen atoms in total. The highest BCUT2D eigenvalue weighted by atomic mass is 19.1. The minimum absolute atomic E-state index is 0.0496. The first-order chi connectivity index (χ1) is 7.74. The summed E-state index contributed by atoms with van der Waals surface area (Å²) in [4.78, 5) is 11.5. The molecule has 5 heteroatoms. The second-order valence-corrected chi connectivity index (χ2v) is 3.67. The van der Waals surface area contributed by atoms with Crippen LogP contribution < -0.4 is 10.6 Å². The number of benzene rings is 1. The molecule has 0 spiro atoms. The van der Waals surface area contributed by atoms with E-state index in [1.807, 2.05) is 0 Å². The SMILES string of the molecule is O=C(Nc1cccc(F)c1)NC1CCOC1. The van der Waals surface area contributed by atoms with Crippen LogP contribution >= 0.6 is 0 Å². The Morgan fingerprint density at radius 3 is 3.06 bits per heavy atom. The van der Waals surface area contributed by atoms with Gasteiger partial charge in [-0.05, 0) is 24.6 Å². The van der Waals surface area contributed by atoms with Crippen LogP contribution in [0.15, 0.2) is 24.3 Å². The third kappa shape index (κ3) is 2.93. The predicted molar refractivity (Wildman–Crippen MR) is 57.8 cm³/mol. The number of nitrogens with one attached hydrogen (secondary N) is 2. The second-order valence-electron chi connectivity index (χ2n) is 3.67. The van der Waals surface area contributed by atoms with E-state index in [0.717, 1.165) is 6.42 Å². The number of amides is 2. The lowest BCUT2D eigenvalue weighted by molar-refractivity contribution is 0.189. The summed E-state index contributed by atoms with van der Waals surface area (Å²) in [6, 6.07) is 5.49.